The van der Waals surface area contributed by atoms with E-state index in [-0.39, 0.29) is 37.7 Å². The number of benzene rings is 4. The first-order chi connectivity index (χ1) is 34.1. The van der Waals surface area contributed by atoms with Crippen LogP contribution in [0.15, 0.2) is 36.4 Å². The van der Waals surface area contributed by atoms with Crippen molar-refractivity contribution in [3.05, 3.63) is 36.4 Å². The summed E-state index contributed by atoms with van der Waals surface area (Å²) in [4.78, 5) is 39.4. The van der Waals surface area contributed by atoms with Crippen LogP contribution in [0.3, 0.4) is 0 Å². The molecule has 3 heterocycles. The lowest BCUT2D eigenvalue weighted by Gasteiger charge is -2.39. The molecule has 3 aliphatic rings. The van der Waals surface area contributed by atoms with Gasteiger partial charge in [0.05, 0.1) is 19.6 Å². The van der Waals surface area contributed by atoms with Crippen molar-refractivity contribution in [3.63, 3.8) is 0 Å². The minimum absolute atomic E-state index is 0.0980. The summed E-state index contributed by atoms with van der Waals surface area (Å²) in [5.74, 6) is -0.504. The average molecular weight is 997 g/mol. The maximum Gasteiger partial charge on any atom is 0.315 e. The lowest BCUT2D eigenvalue weighted by molar-refractivity contribution is -0.153. The highest BCUT2D eigenvalue weighted by molar-refractivity contribution is 6.27. The minimum Gasteiger partial charge on any atom is -0.446 e. The molecule has 3 aliphatic heterocycles. The summed E-state index contributed by atoms with van der Waals surface area (Å²) in [5.41, 5.74) is -1.75. The van der Waals surface area contributed by atoms with Crippen molar-refractivity contribution in [3.8, 4) is 34.5 Å². The Bertz CT molecular complexity index is 2180. The Morgan fingerprint density at radius 1 is 0.347 bits per heavy atom. The normalized spacial score (nSPS) is 20.0. The zero-order valence-corrected chi connectivity index (χ0v) is 45.4. The number of carbonyl (C=O) groups is 3. The van der Waals surface area contributed by atoms with E-state index in [0.29, 0.717) is 54.1 Å². The molecule has 396 valence electrons. The molecular formula is C57H84N6O9. The molecule has 0 aromatic heterocycles. The molecule has 0 bridgehead atoms. The van der Waals surface area contributed by atoms with Crippen molar-refractivity contribution < 1.29 is 42.8 Å². The average Bonchev–Trinajstić information content (AvgIpc) is 4.02. The van der Waals surface area contributed by atoms with Crippen LogP contribution in [0.25, 0.3) is 32.3 Å². The molecule has 7 rings (SSSR count). The van der Waals surface area contributed by atoms with Gasteiger partial charge in [-0.1, -0.05) is 141 Å². The number of nitrogens with one attached hydrogen (secondary N) is 6. The Labute approximate surface area is 427 Å². The number of ether oxygens (including phenoxy) is 6. The number of hydrogen-bond acceptors (Lipinski definition) is 9. The number of hydrogen-bond donors (Lipinski definition) is 6. The largest absolute Gasteiger partial charge is 0.446 e. The molecule has 0 saturated heterocycles. The topological polar surface area (TPSA) is 179 Å². The summed E-state index contributed by atoms with van der Waals surface area (Å²) in [6, 6.07) is 11.2. The third-order valence-corrected chi connectivity index (χ3v) is 14.6. The Hall–Kier alpha value is -5.73. The first-order valence-electron chi connectivity index (χ1n) is 26.8. The van der Waals surface area contributed by atoms with E-state index >= 15 is 0 Å². The molecule has 0 saturated carbocycles. The highest BCUT2D eigenvalue weighted by atomic mass is 16.7. The van der Waals surface area contributed by atoms with Gasteiger partial charge in [0.15, 0.2) is 34.5 Å². The van der Waals surface area contributed by atoms with Crippen molar-refractivity contribution in [1.82, 2.24) is 31.9 Å². The first-order valence-corrected chi connectivity index (χ1v) is 26.8. The maximum absolute atomic E-state index is 13.1. The van der Waals surface area contributed by atoms with Gasteiger partial charge < -0.3 is 60.3 Å². The summed E-state index contributed by atoms with van der Waals surface area (Å²) in [6.07, 6.45) is 12.7. The van der Waals surface area contributed by atoms with Crippen LogP contribution in [0.1, 0.15) is 160 Å². The highest BCUT2D eigenvalue weighted by Crippen LogP contribution is 2.56. The smallest absolute Gasteiger partial charge is 0.315 e. The highest BCUT2D eigenvalue weighted by Gasteiger charge is 2.55. The van der Waals surface area contributed by atoms with Crippen LogP contribution in [0.2, 0.25) is 0 Å². The molecule has 0 spiro atoms. The molecule has 4 aromatic rings. The molecule has 0 aliphatic carbocycles. The molecule has 0 radical (unpaired) electrons. The lowest BCUT2D eigenvalue weighted by Crippen LogP contribution is -2.59. The summed E-state index contributed by atoms with van der Waals surface area (Å²) in [7, 11) is 0. The molecule has 0 fully saturated rings. The second kappa shape index (κ2) is 21.8. The molecule has 15 nitrogen and oxygen atoms in total. The van der Waals surface area contributed by atoms with E-state index in [0.717, 1.165) is 109 Å². The predicted molar refractivity (Wildman–Crippen MR) is 286 cm³/mol. The third kappa shape index (κ3) is 11.4. The van der Waals surface area contributed by atoms with Crippen LogP contribution in [0.5, 0.6) is 34.5 Å². The van der Waals surface area contributed by atoms with Crippen LogP contribution in [0.4, 0.5) is 14.4 Å². The summed E-state index contributed by atoms with van der Waals surface area (Å²) < 4.78 is 41.3. The lowest BCUT2D eigenvalue weighted by atomic mass is 9.85. The van der Waals surface area contributed by atoms with Gasteiger partial charge in [-0.15, -0.1) is 0 Å². The number of unbranched alkanes of at least 4 members (excludes halogenated alkanes) is 9. The minimum atomic E-state index is -1.24. The Morgan fingerprint density at radius 3 is 0.736 bits per heavy atom. The molecule has 0 unspecified atom stereocenters. The van der Waals surface area contributed by atoms with Crippen LogP contribution in [-0.4, -0.2) is 74.7 Å². The van der Waals surface area contributed by atoms with E-state index in [2.05, 4.69) is 52.7 Å². The first kappa shape index (κ1) is 54.1. The SMILES string of the molecule is CCCCCCNC(=O)NCC1(C(C)(C)C)Oc2cc3c4cc5c(cc4c4cc6c(cc4c3cc2O1)OC(CNC(=O)NCCCCCC)(C(C)(C)C)O6)OC(CNC(=O)NCCCCCC)(C(C)(C)C)O5. The van der Waals surface area contributed by atoms with Crippen molar-refractivity contribution >= 4 is 50.4 Å². The summed E-state index contributed by atoms with van der Waals surface area (Å²) in [6.45, 7) is 26.9. The predicted octanol–water partition coefficient (Wildman–Crippen LogP) is 12.3. The fourth-order valence-electron chi connectivity index (χ4n) is 9.59. The van der Waals surface area contributed by atoms with E-state index in [4.69, 9.17) is 28.4 Å². The molecule has 4 aromatic carbocycles. The van der Waals surface area contributed by atoms with Gasteiger partial charge in [0, 0.05) is 35.9 Å². The standard InChI is InChI=1S/C57H84N6O9/c1-13-16-19-22-25-58-49(64)61-34-55(52(4,5)6)67-43-28-37-38(29-44(43)68-55)40-31-46-48(72-57(70-46,54(10,11)12)36-63-51(66)60-27-24-21-18-15-3)33-42(40)41-32-47-45(30-39(37)41)69-56(71-47,53(7,8)9)35-62-50(65)59-26-23-20-17-14-2/h28-33H,13-27,34-36H2,1-12H3,(H2,58,61,64)(H2,59,62,65)(H2,60,63,66). The number of carbonyl (C=O) groups excluding carboxylic acids is 3. The Balaban J connectivity index is 1.28. The van der Waals surface area contributed by atoms with Gasteiger partial charge in [0.1, 0.15) is 0 Å². The Morgan fingerprint density at radius 2 is 0.556 bits per heavy atom. The zero-order valence-electron chi connectivity index (χ0n) is 45.4. The molecule has 6 amide bonds. The monoisotopic (exact) mass is 997 g/mol. The van der Waals surface area contributed by atoms with Gasteiger partial charge in [-0.25, -0.2) is 14.4 Å². The van der Waals surface area contributed by atoms with Gasteiger partial charge in [-0.3, -0.25) is 0 Å². The van der Waals surface area contributed by atoms with Crippen molar-refractivity contribution in [1.29, 1.82) is 0 Å². The second-order valence-corrected chi connectivity index (χ2v) is 23.2. The fourth-order valence-corrected chi connectivity index (χ4v) is 9.59. The quantitative estimate of drug-likeness (QED) is 0.0350. The third-order valence-electron chi connectivity index (χ3n) is 14.6. The van der Waals surface area contributed by atoms with Crippen molar-refractivity contribution in [2.75, 3.05) is 39.3 Å². The summed E-state index contributed by atoms with van der Waals surface area (Å²) in [5, 5.41) is 23.3. The fraction of sp³-hybridized carbons (Fsp3) is 0.632. The van der Waals surface area contributed by atoms with Crippen molar-refractivity contribution in [2.45, 2.75) is 177 Å². The molecule has 15 heteroatoms. The number of urea groups is 3. The zero-order chi connectivity index (χ0) is 52.1. The van der Waals surface area contributed by atoms with E-state index < -0.39 is 33.6 Å². The van der Waals surface area contributed by atoms with Gasteiger partial charge in [0.25, 0.3) is 17.4 Å². The number of fused-ring (bicyclic) bond motifs is 9. The molecule has 72 heavy (non-hydrogen) atoms. The van der Waals surface area contributed by atoms with Crippen LogP contribution in [0, 0.1) is 16.2 Å². The van der Waals surface area contributed by atoms with Crippen molar-refractivity contribution in [2.24, 2.45) is 16.2 Å². The molecule has 0 atom stereocenters. The van der Waals surface area contributed by atoms with Crippen LogP contribution < -0.4 is 60.3 Å². The van der Waals surface area contributed by atoms with Gasteiger partial charge in [-0.05, 0) is 88.0 Å². The Kier molecular flexibility index (Phi) is 16.3. The van der Waals surface area contributed by atoms with E-state index in [1.807, 2.05) is 98.7 Å². The summed E-state index contributed by atoms with van der Waals surface area (Å²) >= 11 is 0. The molecule has 6 N–H and O–H groups in total. The van der Waals surface area contributed by atoms with E-state index in [1.54, 1.807) is 0 Å². The number of rotatable bonds is 21. The van der Waals surface area contributed by atoms with E-state index in [9.17, 15) is 14.4 Å². The second-order valence-electron chi connectivity index (χ2n) is 23.2. The maximum atomic E-state index is 13.1. The van der Waals surface area contributed by atoms with Gasteiger partial charge >= 0.3 is 18.1 Å². The molecular weight excluding hydrogens is 913 g/mol. The van der Waals surface area contributed by atoms with Gasteiger partial charge in [-0.2, -0.15) is 0 Å². The van der Waals surface area contributed by atoms with E-state index in [1.165, 1.54) is 0 Å². The van der Waals surface area contributed by atoms with Crippen LogP contribution in [-0.2, 0) is 0 Å². The van der Waals surface area contributed by atoms with Gasteiger partial charge in [0.2, 0.25) is 0 Å². The number of amides is 6. The van der Waals surface area contributed by atoms with Crippen LogP contribution >= 0.6 is 0 Å².